The van der Waals surface area contributed by atoms with Gasteiger partial charge in [0.15, 0.2) is 0 Å². The highest BCUT2D eigenvalue weighted by Gasteiger charge is 2.01. The molecule has 0 rings (SSSR count). The Hall–Kier alpha value is -0.350. The third kappa shape index (κ3) is 35.1. The van der Waals surface area contributed by atoms with E-state index in [1.807, 2.05) is 0 Å². The molecule has 0 radical (unpaired) electrons. The average Bonchev–Trinajstić information content (AvgIpc) is 2.57. The lowest BCUT2D eigenvalue weighted by molar-refractivity contribution is 0.573. The van der Waals surface area contributed by atoms with Gasteiger partial charge in [-0.2, -0.15) is 0 Å². The van der Waals surface area contributed by atoms with Crippen LogP contribution in [0.15, 0.2) is 0 Å². The molecule has 0 heterocycles. The highest BCUT2D eigenvalue weighted by molar-refractivity contribution is 7.90. The topological polar surface area (TPSA) is 177 Å². The molecule has 0 aliphatic rings. The second-order valence-corrected chi connectivity index (χ2v) is 12.9. The molecule has 6 N–H and O–H groups in total. The molecule has 0 fully saturated rings. The zero-order chi connectivity index (χ0) is 23.5. The van der Waals surface area contributed by atoms with E-state index in [0.717, 1.165) is 64.4 Å². The number of hydrogen-bond donors (Lipinski definition) is 5. The Labute approximate surface area is 183 Å². The third-order valence-corrected chi connectivity index (χ3v) is 5.95. The Kier molecular flexibility index (Phi) is 19.4. The first-order chi connectivity index (χ1) is 13.8. The van der Waals surface area contributed by atoms with Crippen LogP contribution >= 0.6 is 0 Å². The summed E-state index contributed by atoms with van der Waals surface area (Å²) in [6, 6.07) is 0. The van der Waals surface area contributed by atoms with Crippen molar-refractivity contribution in [2.24, 2.45) is 5.73 Å². The Morgan fingerprint density at radius 2 is 0.967 bits per heavy atom. The monoisotopic (exact) mass is 495 g/mol. The van der Waals surface area contributed by atoms with Crippen molar-refractivity contribution >= 4 is 29.9 Å². The summed E-state index contributed by atoms with van der Waals surface area (Å²) in [6.45, 7) is 4.81. The first kappa shape index (κ1) is 31.8. The minimum Gasteiger partial charge on any atom is -0.330 e. The van der Waals surface area contributed by atoms with Gasteiger partial charge in [0.1, 0.15) is 9.84 Å². The lowest BCUT2D eigenvalue weighted by Gasteiger charge is -2.05. The predicted molar refractivity (Wildman–Crippen MR) is 123 cm³/mol. The number of nitrogens with one attached hydrogen (secondary N) is 4. The summed E-state index contributed by atoms with van der Waals surface area (Å²) in [5.41, 5.74) is 5.29. The summed E-state index contributed by atoms with van der Waals surface area (Å²) in [7, 11) is -8.95. The van der Waals surface area contributed by atoms with Crippen molar-refractivity contribution in [3.63, 3.8) is 0 Å². The van der Waals surface area contributed by atoms with Crippen LogP contribution in [-0.2, 0) is 29.9 Å². The van der Waals surface area contributed by atoms with E-state index in [0.29, 0.717) is 26.1 Å². The highest BCUT2D eigenvalue weighted by atomic mass is 32.2. The van der Waals surface area contributed by atoms with Gasteiger partial charge >= 0.3 is 0 Å². The largest absolute Gasteiger partial charge is 0.330 e. The van der Waals surface area contributed by atoms with Gasteiger partial charge in [-0.25, -0.2) is 34.7 Å². The van der Waals surface area contributed by atoms with Crippen molar-refractivity contribution in [1.29, 1.82) is 0 Å². The molecular formula is C16H41N5O6S3. The molecule has 184 valence electrons. The van der Waals surface area contributed by atoms with Crippen LogP contribution in [0.3, 0.4) is 0 Å². The van der Waals surface area contributed by atoms with Crippen LogP contribution in [0.2, 0.25) is 0 Å². The normalized spacial score (nSPS) is 12.4. The maximum atomic E-state index is 10.8. The van der Waals surface area contributed by atoms with E-state index < -0.39 is 29.9 Å². The smallest absolute Gasteiger partial charge is 0.208 e. The molecule has 0 atom stereocenters. The van der Waals surface area contributed by atoms with E-state index in [2.05, 4.69) is 20.1 Å². The van der Waals surface area contributed by atoms with Crippen LogP contribution in [0.4, 0.5) is 0 Å². The van der Waals surface area contributed by atoms with Crippen molar-refractivity contribution < 1.29 is 25.3 Å². The zero-order valence-corrected chi connectivity index (χ0v) is 20.9. The van der Waals surface area contributed by atoms with Gasteiger partial charge < -0.3 is 16.4 Å². The van der Waals surface area contributed by atoms with E-state index in [1.54, 1.807) is 0 Å². The van der Waals surface area contributed by atoms with Gasteiger partial charge in [0.05, 0.1) is 12.5 Å². The van der Waals surface area contributed by atoms with E-state index in [-0.39, 0.29) is 5.75 Å². The maximum Gasteiger partial charge on any atom is 0.208 e. The van der Waals surface area contributed by atoms with Gasteiger partial charge in [-0.1, -0.05) is 0 Å². The number of hydrogen-bond acceptors (Lipinski definition) is 9. The molecule has 11 nitrogen and oxygen atoms in total. The number of unbranched alkanes of at least 4 members (excludes halogenated alkanes) is 1. The minimum absolute atomic E-state index is 0.227. The third-order valence-electron chi connectivity index (χ3n) is 3.47. The number of sulfone groups is 1. The minimum atomic E-state index is -3.09. The SMILES string of the molecule is CS(=O)(=O)CCCCNCCCNS(C)(=O)=O.CS(=O)(=O)NCCCNCCCN. The molecule has 0 spiro atoms. The molecule has 0 saturated heterocycles. The Morgan fingerprint density at radius 3 is 1.33 bits per heavy atom. The zero-order valence-electron chi connectivity index (χ0n) is 18.4. The summed E-state index contributed by atoms with van der Waals surface area (Å²) >= 11 is 0. The van der Waals surface area contributed by atoms with Gasteiger partial charge in [-0.05, 0) is 64.8 Å². The van der Waals surface area contributed by atoms with Crippen LogP contribution in [0.1, 0.15) is 32.1 Å². The molecule has 0 aromatic heterocycles. The second kappa shape index (κ2) is 18.2. The molecule has 0 aliphatic heterocycles. The lowest BCUT2D eigenvalue weighted by Crippen LogP contribution is -2.27. The Morgan fingerprint density at radius 1 is 0.567 bits per heavy atom. The van der Waals surface area contributed by atoms with Crippen molar-refractivity contribution in [2.45, 2.75) is 32.1 Å². The van der Waals surface area contributed by atoms with E-state index in [9.17, 15) is 25.3 Å². The first-order valence-electron chi connectivity index (χ1n) is 9.95. The van der Waals surface area contributed by atoms with E-state index in [4.69, 9.17) is 5.73 Å². The molecule has 14 heteroatoms. The number of sulfonamides is 2. The van der Waals surface area contributed by atoms with Crippen LogP contribution in [-0.4, -0.2) is 95.6 Å². The van der Waals surface area contributed by atoms with Crippen LogP contribution in [0.5, 0.6) is 0 Å². The summed E-state index contributed by atoms with van der Waals surface area (Å²) in [4.78, 5) is 0. The van der Waals surface area contributed by atoms with Crippen molar-refractivity contribution in [3.8, 4) is 0 Å². The lowest BCUT2D eigenvalue weighted by atomic mass is 10.3. The van der Waals surface area contributed by atoms with E-state index >= 15 is 0 Å². The number of nitrogens with two attached hydrogens (primary N) is 1. The van der Waals surface area contributed by atoms with E-state index in [1.165, 1.54) is 6.26 Å². The number of rotatable bonds is 18. The van der Waals surface area contributed by atoms with Crippen LogP contribution in [0, 0.1) is 0 Å². The predicted octanol–water partition coefficient (Wildman–Crippen LogP) is -1.80. The van der Waals surface area contributed by atoms with Gasteiger partial charge in [-0.15, -0.1) is 0 Å². The highest BCUT2D eigenvalue weighted by Crippen LogP contribution is 1.92. The van der Waals surface area contributed by atoms with Crippen LogP contribution < -0.4 is 25.8 Å². The Balaban J connectivity index is 0. The fourth-order valence-corrected chi connectivity index (χ4v) is 3.79. The quantitative estimate of drug-likeness (QED) is 0.137. The summed E-state index contributed by atoms with van der Waals surface area (Å²) in [6.07, 6.45) is 7.48. The van der Waals surface area contributed by atoms with Gasteiger partial charge in [0, 0.05) is 25.1 Å². The molecular weight excluding hydrogens is 454 g/mol. The molecule has 0 unspecified atom stereocenters. The van der Waals surface area contributed by atoms with Crippen molar-refractivity contribution in [3.05, 3.63) is 0 Å². The van der Waals surface area contributed by atoms with Gasteiger partial charge in [-0.3, -0.25) is 0 Å². The molecule has 0 saturated carbocycles. The standard InChI is InChI=1S/C9H22N2O4S2.C7H19N3O2S/c1-16(12,13)9-4-3-6-10-7-5-8-11-17(2,14)15;1-13(11,12)10-7-3-6-9-5-2-4-8/h10-11H,3-9H2,1-2H3;9-10H,2-8H2,1H3. The summed E-state index contributed by atoms with van der Waals surface area (Å²) < 4.78 is 69.1. The second-order valence-electron chi connectivity index (χ2n) is 7.02. The fourth-order valence-electron chi connectivity index (χ4n) is 2.03. The molecule has 0 bridgehead atoms. The molecule has 0 aliphatic carbocycles. The molecule has 0 aromatic rings. The summed E-state index contributed by atoms with van der Waals surface area (Å²) in [5, 5.41) is 6.29. The van der Waals surface area contributed by atoms with Crippen molar-refractivity contribution in [1.82, 2.24) is 20.1 Å². The van der Waals surface area contributed by atoms with Crippen molar-refractivity contribution in [2.75, 3.05) is 70.3 Å². The molecule has 0 amide bonds. The first-order valence-corrected chi connectivity index (χ1v) is 15.8. The summed E-state index contributed by atoms with van der Waals surface area (Å²) in [5.74, 6) is 0.227. The average molecular weight is 496 g/mol. The maximum absolute atomic E-state index is 10.8. The van der Waals surface area contributed by atoms with Gasteiger partial charge in [0.25, 0.3) is 0 Å². The fraction of sp³-hybridized carbons (Fsp3) is 1.00. The Bertz CT molecular complexity index is 674. The van der Waals surface area contributed by atoms with Crippen LogP contribution in [0.25, 0.3) is 0 Å². The molecule has 0 aromatic carbocycles. The molecule has 30 heavy (non-hydrogen) atoms. The van der Waals surface area contributed by atoms with Gasteiger partial charge in [0.2, 0.25) is 20.0 Å².